The minimum atomic E-state index is 0.00437. The SMILES string of the molecule is COc1ccc(C(=O)N2CCS/C2=C/c2csc(-c3cccnc3)n2)cc1C. The van der Waals surface area contributed by atoms with Crippen molar-refractivity contribution in [1.29, 1.82) is 0 Å². The van der Waals surface area contributed by atoms with Gasteiger partial charge in [-0.25, -0.2) is 4.98 Å². The van der Waals surface area contributed by atoms with Crippen molar-refractivity contribution >= 4 is 35.1 Å². The molecule has 0 N–H and O–H groups in total. The predicted molar refractivity (Wildman–Crippen MR) is 115 cm³/mol. The highest BCUT2D eigenvalue weighted by Gasteiger charge is 2.26. The third-order valence-corrected chi connectivity index (χ3v) is 6.35. The Bertz CT molecular complexity index is 1030. The third kappa shape index (κ3) is 3.81. The minimum Gasteiger partial charge on any atom is -0.496 e. The second kappa shape index (κ2) is 8.16. The molecular formula is C21H19N3O2S2. The number of hydrogen-bond acceptors (Lipinski definition) is 6. The molecule has 1 aromatic carbocycles. The molecule has 1 aliphatic rings. The standard InChI is InChI=1S/C21H19N3O2S2/c1-14-10-15(5-6-18(14)26-2)21(25)24-8-9-27-19(24)11-17-13-28-20(23-17)16-4-3-7-22-12-16/h3-7,10-13H,8-9H2,1-2H3/b19-11+. The van der Waals surface area contributed by atoms with Crippen molar-refractivity contribution in [1.82, 2.24) is 14.9 Å². The Morgan fingerprint density at radius 1 is 1.32 bits per heavy atom. The van der Waals surface area contributed by atoms with Crippen LogP contribution >= 0.6 is 23.1 Å². The molecule has 4 rings (SSSR count). The van der Waals surface area contributed by atoms with E-state index in [1.807, 2.05) is 59.8 Å². The zero-order valence-electron chi connectivity index (χ0n) is 15.6. The van der Waals surface area contributed by atoms with Crippen LogP contribution in [0.15, 0.2) is 53.1 Å². The van der Waals surface area contributed by atoms with Crippen LogP contribution in [0.5, 0.6) is 5.75 Å². The van der Waals surface area contributed by atoms with Crippen LogP contribution in [0, 0.1) is 6.92 Å². The number of aryl methyl sites for hydroxylation is 1. The topological polar surface area (TPSA) is 55.3 Å². The van der Waals surface area contributed by atoms with Crippen molar-refractivity contribution in [2.75, 3.05) is 19.4 Å². The van der Waals surface area contributed by atoms with Gasteiger partial charge in [-0.2, -0.15) is 0 Å². The number of thioether (sulfide) groups is 1. The first-order chi connectivity index (χ1) is 13.7. The van der Waals surface area contributed by atoms with E-state index in [4.69, 9.17) is 4.74 Å². The number of nitrogens with zero attached hydrogens (tertiary/aromatic N) is 3. The Morgan fingerprint density at radius 2 is 2.21 bits per heavy atom. The lowest BCUT2D eigenvalue weighted by molar-refractivity contribution is 0.0831. The minimum absolute atomic E-state index is 0.00437. The highest BCUT2D eigenvalue weighted by Crippen LogP contribution is 2.33. The largest absolute Gasteiger partial charge is 0.496 e. The van der Waals surface area contributed by atoms with Crippen molar-refractivity contribution in [3.63, 3.8) is 0 Å². The highest BCUT2D eigenvalue weighted by atomic mass is 32.2. The number of carbonyl (C=O) groups is 1. The normalized spacial score (nSPS) is 15.2. The van der Waals surface area contributed by atoms with Crippen molar-refractivity contribution in [2.24, 2.45) is 0 Å². The van der Waals surface area contributed by atoms with Crippen molar-refractivity contribution < 1.29 is 9.53 Å². The van der Waals surface area contributed by atoms with Crippen LogP contribution in [0.1, 0.15) is 21.6 Å². The second-order valence-corrected chi connectivity index (χ2v) is 8.26. The summed E-state index contributed by atoms with van der Waals surface area (Å²) in [5.41, 5.74) is 3.47. The number of pyridine rings is 1. The monoisotopic (exact) mass is 409 g/mol. The summed E-state index contributed by atoms with van der Waals surface area (Å²) < 4.78 is 5.29. The summed E-state index contributed by atoms with van der Waals surface area (Å²) in [6, 6.07) is 9.44. The fourth-order valence-corrected chi connectivity index (χ4v) is 4.80. The molecule has 0 saturated carbocycles. The molecule has 0 unspecified atom stereocenters. The van der Waals surface area contributed by atoms with Gasteiger partial charge in [0, 0.05) is 41.2 Å². The van der Waals surface area contributed by atoms with Gasteiger partial charge in [-0.05, 0) is 48.9 Å². The van der Waals surface area contributed by atoms with E-state index in [0.717, 1.165) is 38.4 Å². The molecule has 2 aromatic heterocycles. The lowest BCUT2D eigenvalue weighted by atomic mass is 10.1. The predicted octanol–water partition coefficient (Wildman–Crippen LogP) is 4.71. The number of benzene rings is 1. The van der Waals surface area contributed by atoms with Crippen LogP contribution in [0.4, 0.5) is 0 Å². The van der Waals surface area contributed by atoms with Gasteiger partial charge >= 0.3 is 0 Å². The van der Waals surface area contributed by atoms with Gasteiger partial charge in [0.2, 0.25) is 0 Å². The maximum atomic E-state index is 13.0. The van der Waals surface area contributed by atoms with Gasteiger partial charge < -0.3 is 9.64 Å². The van der Waals surface area contributed by atoms with Gasteiger partial charge in [0.15, 0.2) is 0 Å². The Balaban J connectivity index is 1.57. The van der Waals surface area contributed by atoms with Gasteiger partial charge in [-0.3, -0.25) is 9.78 Å². The lowest BCUT2D eigenvalue weighted by Crippen LogP contribution is -2.26. The molecule has 28 heavy (non-hydrogen) atoms. The van der Waals surface area contributed by atoms with Crippen LogP contribution in [0.3, 0.4) is 0 Å². The number of hydrogen-bond donors (Lipinski definition) is 0. The summed E-state index contributed by atoms with van der Waals surface area (Å²) in [6.45, 7) is 2.64. The molecule has 5 nitrogen and oxygen atoms in total. The summed E-state index contributed by atoms with van der Waals surface area (Å²) in [6.07, 6.45) is 5.55. The van der Waals surface area contributed by atoms with Crippen molar-refractivity contribution in [3.05, 3.63) is 70.0 Å². The van der Waals surface area contributed by atoms with E-state index in [2.05, 4.69) is 9.97 Å². The van der Waals surface area contributed by atoms with E-state index in [9.17, 15) is 4.79 Å². The van der Waals surface area contributed by atoms with E-state index in [0.29, 0.717) is 12.1 Å². The quantitative estimate of drug-likeness (QED) is 0.625. The molecule has 3 heterocycles. The Labute approximate surface area is 172 Å². The number of methoxy groups -OCH3 is 1. The first-order valence-corrected chi connectivity index (χ1v) is 10.7. The molecule has 0 atom stereocenters. The summed E-state index contributed by atoms with van der Waals surface area (Å²) in [5.74, 6) is 1.67. The number of amides is 1. The molecule has 1 amide bonds. The molecule has 0 bridgehead atoms. The number of carbonyl (C=O) groups excluding carboxylic acids is 1. The number of rotatable bonds is 4. The van der Waals surface area contributed by atoms with Gasteiger partial charge in [-0.1, -0.05) is 0 Å². The number of aromatic nitrogens is 2. The zero-order valence-corrected chi connectivity index (χ0v) is 17.2. The fourth-order valence-electron chi connectivity index (χ4n) is 3.02. The van der Waals surface area contributed by atoms with Crippen LogP contribution < -0.4 is 4.74 Å². The van der Waals surface area contributed by atoms with Gasteiger partial charge in [0.05, 0.1) is 17.8 Å². The zero-order chi connectivity index (χ0) is 19.5. The first-order valence-electron chi connectivity index (χ1n) is 8.82. The average Bonchev–Trinajstić information content (AvgIpc) is 3.38. The van der Waals surface area contributed by atoms with Crippen LogP contribution in [0.25, 0.3) is 16.6 Å². The third-order valence-electron chi connectivity index (χ3n) is 4.42. The molecule has 0 spiro atoms. The molecule has 0 radical (unpaired) electrons. The molecule has 1 aliphatic heterocycles. The number of thiazole rings is 1. The molecule has 7 heteroatoms. The molecule has 1 saturated heterocycles. The lowest BCUT2D eigenvalue weighted by Gasteiger charge is -2.17. The van der Waals surface area contributed by atoms with Crippen molar-refractivity contribution in [3.8, 4) is 16.3 Å². The smallest absolute Gasteiger partial charge is 0.258 e. The average molecular weight is 410 g/mol. The maximum Gasteiger partial charge on any atom is 0.258 e. The summed E-state index contributed by atoms with van der Waals surface area (Å²) in [7, 11) is 1.63. The molecule has 0 aliphatic carbocycles. The second-order valence-electron chi connectivity index (χ2n) is 6.29. The van der Waals surface area contributed by atoms with E-state index >= 15 is 0 Å². The van der Waals surface area contributed by atoms with Crippen LogP contribution in [-0.4, -0.2) is 40.2 Å². The fraction of sp³-hybridized carbons (Fsp3) is 0.190. The summed E-state index contributed by atoms with van der Waals surface area (Å²) >= 11 is 3.25. The molecular weight excluding hydrogens is 390 g/mol. The van der Waals surface area contributed by atoms with Crippen molar-refractivity contribution in [2.45, 2.75) is 6.92 Å². The molecule has 142 valence electrons. The van der Waals surface area contributed by atoms with E-state index in [1.165, 1.54) is 0 Å². The van der Waals surface area contributed by atoms with Gasteiger partial charge in [0.1, 0.15) is 10.8 Å². The van der Waals surface area contributed by atoms with Gasteiger partial charge in [0.25, 0.3) is 5.91 Å². The van der Waals surface area contributed by atoms with E-state index in [-0.39, 0.29) is 5.91 Å². The molecule has 1 fully saturated rings. The van der Waals surface area contributed by atoms with E-state index in [1.54, 1.807) is 36.4 Å². The molecule has 3 aromatic rings. The maximum absolute atomic E-state index is 13.0. The Hall–Kier alpha value is -2.64. The summed E-state index contributed by atoms with van der Waals surface area (Å²) in [5, 5.41) is 3.86. The number of ether oxygens (including phenoxy) is 1. The highest BCUT2D eigenvalue weighted by molar-refractivity contribution is 8.03. The summed E-state index contributed by atoms with van der Waals surface area (Å²) in [4.78, 5) is 23.7. The van der Waals surface area contributed by atoms with Crippen LogP contribution in [-0.2, 0) is 0 Å². The van der Waals surface area contributed by atoms with Crippen LogP contribution in [0.2, 0.25) is 0 Å². The Morgan fingerprint density at radius 3 is 2.96 bits per heavy atom. The van der Waals surface area contributed by atoms with Gasteiger partial charge in [-0.15, -0.1) is 23.1 Å². The first kappa shape index (κ1) is 18.7. The Kier molecular flexibility index (Phi) is 5.45. The van der Waals surface area contributed by atoms with E-state index < -0.39 is 0 Å².